The molecule has 6 nitrogen and oxygen atoms in total. The van der Waals surface area contributed by atoms with Crippen LogP contribution in [0.5, 0.6) is 0 Å². The molecule has 0 aliphatic rings. The topological polar surface area (TPSA) is 95.1 Å². The summed E-state index contributed by atoms with van der Waals surface area (Å²) in [6.07, 6.45) is 0.734. The van der Waals surface area contributed by atoms with E-state index in [0.29, 0.717) is 12.2 Å². The number of H-pyrrole nitrogens is 1. The van der Waals surface area contributed by atoms with E-state index in [1.807, 2.05) is 20.8 Å². The summed E-state index contributed by atoms with van der Waals surface area (Å²) in [7, 11) is -3.62. The molecule has 18 heavy (non-hydrogen) atoms. The van der Waals surface area contributed by atoms with Crippen molar-refractivity contribution in [3.8, 4) is 0 Å². The Kier molecular flexibility index (Phi) is 4.52. The number of hydrogen-bond acceptors (Lipinski definition) is 4. The fourth-order valence-electron chi connectivity index (χ4n) is 1.57. The molecule has 0 aliphatic carbocycles. The molecular formula is C11H21N3O3S. The number of aromatic nitrogens is 2. The average molecular weight is 275 g/mol. The number of aryl methyl sites for hydroxylation is 1. The highest BCUT2D eigenvalue weighted by Crippen LogP contribution is 2.20. The van der Waals surface area contributed by atoms with Crippen molar-refractivity contribution < 1.29 is 13.5 Å². The third kappa shape index (κ3) is 3.79. The Bertz CT molecular complexity index is 500. The van der Waals surface area contributed by atoms with Crippen LogP contribution < -0.4 is 4.72 Å². The summed E-state index contributed by atoms with van der Waals surface area (Å²) in [6.45, 7) is 7.71. The zero-order valence-corrected chi connectivity index (χ0v) is 12.1. The quantitative estimate of drug-likeness (QED) is 0.745. The molecule has 1 heterocycles. The predicted molar refractivity (Wildman–Crippen MR) is 68.5 cm³/mol. The van der Waals surface area contributed by atoms with Gasteiger partial charge in [-0.25, -0.2) is 13.1 Å². The van der Waals surface area contributed by atoms with Gasteiger partial charge in [-0.3, -0.25) is 5.10 Å². The smallest absolute Gasteiger partial charge is 0.244 e. The summed E-state index contributed by atoms with van der Waals surface area (Å²) in [5.41, 5.74) is 0.645. The summed E-state index contributed by atoms with van der Waals surface area (Å²) in [5.74, 6) is 0. The maximum atomic E-state index is 12.1. The Hall–Kier alpha value is -0.920. The Balaban J connectivity index is 2.84. The van der Waals surface area contributed by atoms with E-state index in [1.165, 1.54) is 0 Å². The lowest BCUT2D eigenvalue weighted by atomic mass is 9.93. The molecule has 1 aromatic rings. The molecule has 0 radical (unpaired) electrons. The molecule has 0 unspecified atom stereocenters. The third-order valence-electron chi connectivity index (χ3n) is 2.55. The molecule has 3 N–H and O–H groups in total. The lowest BCUT2D eigenvalue weighted by Crippen LogP contribution is -2.28. The van der Waals surface area contributed by atoms with Gasteiger partial charge in [-0.1, -0.05) is 20.8 Å². The van der Waals surface area contributed by atoms with E-state index < -0.39 is 16.6 Å². The Morgan fingerprint density at radius 3 is 2.50 bits per heavy atom. The van der Waals surface area contributed by atoms with Gasteiger partial charge in [-0.05, 0) is 18.8 Å². The maximum absolute atomic E-state index is 12.1. The highest BCUT2D eigenvalue weighted by molar-refractivity contribution is 7.89. The number of nitrogens with one attached hydrogen (secondary N) is 2. The van der Waals surface area contributed by atoms with Crippen LogP contribution in [-0.2, 0) is 16.6 Å². The molecule has 0 saturated carbocycles. The molecule has 1 rings (SSSR count). The summed E-state index contributed by atoms with van der Waals surface area (Å²) in [6, 6.07) is 0. The van der Waals surface area contributed by atoms with E-state index in [4.69, 9.17) is 5.11 Å². The van der Waals surface area contributed by atoms with Crippen LogP contribution in [0.2, 0.25) is 0 Å². The van der Waals surface area contributed by atoms with Crippen molar-refractivity contribution in [1.29, 1.82) is 0 Å². The van der Waals surface area contributed by atoms with Gasteiger partial charge in [0.2, 0.25) is 10.0 Å². The van der Waals surface area contributed by atoms with Gasteiger partial charge in [0.15, 0.2) is 0 Å². The number of sulfonamides is 1. The van der Waals surface area contributed by atoms with Crippen molar-refractivity contribution in [3.05, 3.63) is 11.4 Å². The van der Waals surface area contributed by atoms with Gasteiger partial charge in [0.05, 0.1) is 12.3 Å². The van der Waals surface area contributed by atoms with Crippen LogP contribution in [0.4, 0.5) is 0 Å². The number of rotatable bonds is 5. The van der Waals surface area contributed by atoms with Gasteiger partial charge in [0.1, 0.15) is 10.6 Å². The number of aliphatic hydroxyl groups is 1. The average Bonchev–Trinajstić information content (AvgIpc) is 2.57. The van der Waals surface area contributed by atoms with Crippen LogP contribution in [-0.4, -0.2) is 30.3 Å². The monoisotopic (exact) mass is 275 g/mol. The van der Waals surface area contributed by atoms with E-state index in [9.17, 15) is 8.42 Å². The first-order valence-electron chi connectivity index (χ1n) is 5.82. The van der Waals surface area contributed by atoms with Crippen molar-refractivity contribution in [3.63, 3.8) is 0 Å². The van der Waals surface area contributed by atoms with Crippen molar-refractivity contribution in [2.45, 2.75) is 45.6 Å². The second kappa shape index (κ2) is 5.38. The molecule has 0 bridgehead atoms. The highest BCUT2D eigenvalue weighted by atomic mass is 32.2. The number of nitrogens with zero attached hydrogens (tertiary/aromatic N) is 1. The summed E-state index contributed by atoms with van der Waals surface area (Å²) in [4.78, 5) is 0.0545. The van der Waals surface area contributed by atoms with E-state index in [0.717, 1.165) is 6.42 Å². The second-order valence-corrected chi connectivity index (χ2v) is 7.19. The molecule has 0 amide bonds. The fraction of sp³-hybridized carbons (Fsp3) is 0.727. The second-order valence-electron chi connectivity index (χ2n) is 5.49. The minimum atomic E-state index is -3.62. The lowest BCUT2D eigenvalue weighted by Gasteiger charge is -2.18. The minimum absolute atomic E-state index is 0.0545. The van der Waals surface area contributed by atoms with Crippen LogP contribution in [0, 0.1) is 12.3 Å². The normalized spacial score (nSPS) is 12.9. The van der Waals surface area contributed by atoms with Crippen molar-refractivity contribution >= 4 is 10.0 Å². The van der Waals surface area contributed by atoms with Crippen molar-refractivity contribution in [1.82, 2.24) is 14.9 Å². The Morgan fingerprint density at radius 1 is 1.39 bits per heavy atom. The summed E-state index contributed by atoms with van der Waals surface area (Å²) < 4.78 is 26.7. The Morgan fingerprint density at radius 2 is 2.00 bits per heavy atom. The van der Waals surface area contributed by atoms with Crippen LogP contribution in [0.15, 0.2) is 4.90 Å². The van der Waals surface area contributed by atoms with Gasteiger partial charge in [0.25, 0.3) is 0 Å². The molecule has 7 heteroatoms. The molecule has 0 atom stereocenters. The lowest BCUT2D eigenvalue weighted by molar-refractivity contribution is 0.273. The number of aliphatic hydroxyl groups excluding tert-OH is 1. The molecule has 0 saturated heterocycles. The molecule has 0 fully saturated rings. The fourth-order valence-corrected chi connectivity index (χ4v) is 2.95. The zero-order chi connectivity index (χ0) is 14.0. The SMILES string of the molecule is Cc1[nH]nc(CO)c1S(=O)(=O)NCCC(C)(C)C. The third-order valence-corrected chi connectivity index (χ3v) is 4.21. The van der Waals surface area contributed by atoms with Gasteiger partial charge in [-0.2, -0.15) is 5.10 Å². The number of aromatic amines is 1. The summed E-state index contributed by atoms with van der Waals surface area (Å²) in [5, 5.41) is 15.4. The van der Waals surface area contributed by atoms with Gasteiger partial charge < -0.3 is 5.11 Å². The first-order valence-corrected chi connectivity index (χ1v) is 7.30. The molecule has 104 valence electrons. The van der Waals surface area contributed by atoms with Crippen molar-refractivity contribution in [2.75, 3.05) is 6.54 Å². The van der Waals surface area contributed by atoms with Crippen LogP contribution in [0.25, 0.3) is 0 Å². The zero-order valence-electron chi connectivity index (χ0n) is 11.2. The molecule has 0 aliphatic heterocycles. The highest BCUT2D eigenvalue weighted by Gasteiger charge is 2.24. The standard InChI is InChI=1S/C11H21N3O3S/c1-8-10(9(7-15)14-13-8)18(16,17)12-6-5-11(2,3)4/h12,15H,5-7H2,1-4H3,(H,13,14). The number of hydrogen-bond donors (Lipinski definition) is 3. The van der Waals surface area contributed by atoms with Crippen LogP contribution in [0.3, 0.4) is 0 Å². The molecular weight excluding hydrogens is 254 g/mol. The van der Waals surface area contributed by atoms with E-state index in [2.05, 4.69) is 14.9 Å². The largest absolute Gasteiger partial charge is 0.390 e. The molecule has 0 aromatic carbocycles. The summed E-state index contributed by atoms with van der Waals surface area (Å²) >= 11 is 0. The van der Waals surface area contributed by atoms with Gasteiger partial charge in [-0.15, -0.1) is 0 Å². The molecule has 0 spiro atoms. The van der Waals surface area contributed by atoms with E-state index in [-0.39, 0.29) is 16.0 Å². The maximum Gasteiger partial charge on any atom is 0.244 e. The van der Waals surface area contributed by atoms with Crippen molar-refractivity contribution in [2.24, 2.45) is 5.41 Å². The Labute approximate surface area is 108 Å². The minimum Gasteiger partial charge on any atom is -0.390 e. The van der Waals surface area contributed by atoms with E-state index in [1.54, 1.807) is 6.92 Å². The first-order chi connectivity index (χ1) is 8.17. The van der Waals surface area contributed by atoms with E-state index >= 15 is 0 Å². The van der Waals surface area contributed by atoms with Gasteiger partial charge in [0, 0.05) is 6.54 Å². The van der Waals surface area contributed by atoms with Gasteiger partial charge >= 0.3 is 0 Å². The first kappa shape index (κ1) is 15.1. The van der Waals surface area contributed by atoms with Crippen LogP contribution in [0.1, 0.15) is 38.6 Å². The predicted octanol–water partition coefficient (Wildman–Crippen LogP) is 0.925. The molecule has 1 aromatic heterocycles. The van der Waals surface area contributed by atoms with Crippen LogP contribution >= 0.6 is 0 Å².